The third-order valence-electron chi connectivity index (χ3n) is 6.28. The van der Waals surface area contributed by atoms with Crippen molar-refractivity contribution >= 4 is 11.8 Å². The van der Waals surface area contributed by atoms with E-state index in [1.807, 2.05) is 6.07 Å². The molecular weight excluding hydrogens is 312 g/mol. The van der Waals surface area contributed by atoms with Crippen LogP contribution in [0.3, 0.4) is 0 Å². The highest BCUT2D eigenvalue weighted by Crippen LogP contribution is 2.46. The van der Waals surface area contributed by atoms with Gasteiger partial charge in [-0.15, -0.1) is 0 Å². The topological polar surface area (TPSA) is 86.2 Å². The number of amides is 2. The van der Waals surface area contributed by atoms with E-state index in [4.69, 9.17) is 11.5 Å². The number of nitrogens with two attached hydrogens (primary N) is 2. The molecule has 0 aromatic heterocycles. The van der Waals surface area contributed by atoms with E-state index < -0.39 is 11.8 Å². The molecule has 2 fully saturated rings. The first kappa shape index (κ1) is 18.0. The highest BCUT2D eigenvalue weighted by atomic mass is 16.1. The van der Waals surface area contributed by atoms with Crippen LogP contribution in [0.25, 0.3) is 0 Å². The van der Waals surface area contributed by atoms with Gasteiger partial charge in [0, 0.05) is 11.1 Å². The van der Waals surface area contributed by atoms with E-state index in [0.717, 1.165) is 5.56 Å². The Morgan fingerprint density at radius 1 is 0.800 bits per heavy atom. The molecule has 1 aromatic carbocycles. The molecule has 2 saturated carbocycles. The third kappa shape index (κ3) is 4.05. The van der Waals surface area contributed by atoms with Crippen molar-refractivity contribution in [1.82, 2.24) is 0 Å². The van der Waals surface area contributed by atoms with E-state index in [0.29, 0.717) is 28.9 Å². The molecule has 0 spiro atoms. The van der Waals surface area contributed by atoms with Gasteiger partial charge in [-0.05, 0) is 67.2 Å². The SMILES string of the molecule is NC(=O)c1ccc(C(N)=O)c(C(C2CCCCC2)C2CCCCC2)c1. The third-order valence-corrected chi connectivity index (χ3v) is 6.28. The number of primary amides is 2. The van der Waals surface area contributed by atoms with Crippen LogP contribution in [0.2, 0.25) is 0 Å². The summed E-state index contributed by atoms with van der Waals surface area (Å²) < 4.78 is 0. The lowest BCUT2D eigenvalue weighted by atomic mass is 9.66. The van der Waals surface area contributed by atoms with Crippen LogP contribution in [0, 0.1) is 11.8 Å². The summed E-state index contributed by atoms with van der Waals surface area (Å²) in [6, 6.07) is 5.19. The summed E-state index contributed by atoms with van der Waals surface area (Å²) in [6.07, 6.45) is 12.5. The Kier molecular flexibility index (Phi) is 5.77. The molecular formula is C21H30N2O2. The Morgan fingerprint density at radius 3 is 1.76 bits per heavy atom. The van der Waals surface area contributed by atoms with E-state index in [-0.39, 0.29) is 0 Å². The molecule has 0 aliphatic heterocycles. The molecule has 0 radical (unpaired) electrons. The van der Waals surface area contributed by atoms with Crippen molar-refractivity contribution in [2.24, 2.45) is 23.3 Å². The van der Waals surface area contributed by atoms with Crippen molar-refractivity contribution in [1.29, 1.82) is 0 Å². The highest BCUT2D eigenvalue weighted by Gasteiger charge is 2.34. The van der Waals surface area contributed by atoms with Crippen LogP contribution in [0.4, 0.5) is 0 Å². The predicted octanol–water partition coefficient (Wildman–Crippen LogP) is 4.13. The van der Waals surface area contributed by atoms with Gasteiger partial charge in [0.15, 0.2) is 0 Å². The van der Waals surface area contributed by atoms with Crippen LogP contribution in [0.15, 0.2) is 18.2 Å². The largest absolute Gasteiger partial charge is 0.366 e. The zero-order valence-electron chi connectivity index (χ0n) is 15.0. The predicted molar refractivity (Wildman–Crippen MR) is 99.4 cm³/mol. The first-order valence-corrected chi connectivity index (χ1v) is 9.81. The molecule has 3 rings (SSSR count). The molecule has 0 bridgehead atoms. The monoisotopic (exact) mass is 342 g/mol. The Balaban J connectivity index is 2.05. The molecule has 25 heavy (non-hydrogen) atoms. The Morgan fingerprint density at radius 2 is 1.32 bits per heavy atom. The fourth-order valence-electron chi connectivity index (χ4n) is 5.10. The van der Waals surface area contributed by atoms with Gasteiger partial charge in [0.1, 0.15) is 0 Å². The van der Waals surface area contributed by atoms with Gasteiger partial charge < -0.3 is 11.5 Å². The second-order valence-corrected chi connectivity index (χ2v) is 7.85. The minimum atomic E-state index is -0.441. The van der Waals surface area contributed by atoms with Crippen LogP contribution in [0.5, 0.6) is 0 Å². The first-order chi connectivity index (χ1) is 12.1. The zero-order valence-corrected chi connectivity index (χ0v) is 15.0. The lowest BCUT2D eigenvalue weighted by Gasteiger charge is -2.39. The first-order valence-electron chi connectivity index (χ1n) is 9.81. The standard InChI is InChI=1S/C21H30N2O2/c22-20(24)16-11-12-17(21(23)25)18(13-16)19(14-7-3-1-4-8-14)15-9-5-2-6-10-15/h11-15,19H,1-10H2,(H2,22,24)(H2,23,25). The normalized spacial score (nSPS) is 19.9. The molecule has 0 atom stereocenters. The highest BCUT2D eigenvalue weighted by molar-refractivity contribution is 5.98. The molecule has 4 nitrogen and oxygen atoms in total. The maximum atomic E-state index is 12.1. The van der Waals surface area contributed by atoms with Crippen LogP contribution >= 0.6 is 0 Å². The molecule has 2 amide bonds. The van der Waals surface area contributed by atoms with Crippen molar-refractivity contribution < 1.29 is 9.59 Å². The average molecular weight is 342 g/mol. The lowest BCUT2D eigenvalue weighted by molar-refractivity contribution is 0.0985. The number of hydrogen-bond donors (Lipinski definition) is 2. The number of benzene rings is 1. The van der Waals surface area contributed by atoms with Gasteiger partial charge in [0.25, 0.3) is 0 Å². The Bertz CT molecular complexity index is 611. The molecule has 2 aliphatic carbocycles. The van der Waals surface area contributed by atoms with E-state index in [9.17, 15) is 9.59 Å². The van der Waals surface area contributed by atoms with E-state index in [2.05, 4.69) is 0 Å². The van der Waals surface area contributed by atoms with Crippen LogP contribution in [-0.2, 0) is 0 Å². The van der Waals surface area contributed by atoms with Crippen molar-refractivity contribution in [2.45, 2.75) is 70.1 Å². The Hall–Kier alpha value is -1.84. The van der Waals surface area contributed by atoms with Crippen LogP contribution < -0.4 is 11.5 Å². The number of hydrogen-bond acceptors (Lipinski definition) is 2. The van der Waals surface area contributed by atoms with Crippen LogP contribution in [0.1, 0.15) is 96.4 Å². The number of carbonyl (C=O) groups excluding carboxylic acids is 2. The van der Waals surface area contributed by atoms with Crippen LogP contribution in [-0.4, -0.2) is 11.8 Å². The quantitative estimate of drug-likeness (QED) is 0.843. The van der Waals surface area contributed by atoms with Gasteiger partial charge in [-0.25, -0.2) is 0 Å². The van der Waals surface area contributed by atoms with Gasteiger partial charge >= 0.3 is 0 Å². The molecule has 0 heterocycles. The van der Waals surface area contributed by atoms with Gasteiger partial charge in [-0.2, -0.15) is 0 Å². The minimum Gasteiger partial charge on any atom is -0.366 e. The van der Waals surface area contributed by atoms with Gasteiger partial charge in [-0.1, -0.05) is 38.5 Å². The number of carbonyl (C=O) groups is 2. The lowest BCUT2D eigenvalue weighted by Crippen LogP contribution is -2.28. The molecule has 0 saturated heterocycles. The van der Waals surface area contributed by atoms with Crippen molar-refractivity contribution in [3.63, 3.8) is 0 Å². The summed E-state index contributed by atoms with van der Waals surface area (Å²) in [5.41, 5.74) is 13.2. The summed E-state index contributed by atoms with van der Waals surface area (Å²) in [6.45, 7) is 0. The Labute approximate surface area is 150 Å². The van der Waals surface area contributed by atoms with E-state index in [1.54, 1.807) is 12.1 Å². The summed E-state index contributed by atoms with van der Waals surface area (Å²) in [7, 11) is 0. The van der Waals surface area contributed by atoms with E-state index in [1.165, 1.54) is 64.2 Å². The van der Waals surface area contributed by atoms with Crippen molar-refractivity contribution in [3.8, 4) is 0 Å². The summed E-state index contributed by atoms with van der Waals surface area (Å²) in [5, 5.41) is 0. The average Bonchev–Trinajstić information content (AvgIpc) is 2.63. The second kappa shape index (κ2) is 8.03. The second-order valence-electron chi connectivity index (χ2n) is 7.85. The smallest absolute Gasteiger partial charge is 0.248 e. The maximum Gasteiger partial charge on any atom is 0.248 e. The van der Waals surface area contributed by atoms with E-state index >= 15 is 0 Å². The molecule has 4 N–H and O–H groups in total. The van der Waals surface area contributed by atoms with Gasteiger partial charge in [0.05, 0.1) is 0 Å². The van der Waals surface area contributed by atoms with Crippen molar-refractivity contribution in [2.75, 3.05) is 0 Å². The fourth-order valence-corrected chi connectivity index (χ4v) is 5.10. The van der Waals surface area contributed by atoms with Gasteiger partial charge in [0.2, 0.25) is 11.8 Å². The summed E-state index contributed by atoms with van der Waals surface area (Å²) in [4.78, 5) is 23.8. The fraction of sp³-hybridized carbons (Fsp3) is 0.619. The maximum absolute atomic E-state index is 12.1. The zero-order chi connectivity index (χ0) is 17.8. The van der Waals surface area contributed by atoms with Gasteiger partial charge in [-0.3, -0.25) is 9.59 Å². The molecule has 4 heteroatoms. The molecule has 0 unspecified atom stereocenters. The summed E-state index contributed by atoms with van der Waals surface area (Å²) in [5.74, 6) is 0.643. The number of rotatable bonds is 5. The molecule has 1 aromatic rings. The van der Waals surface area contributed by atoms with Crippen molar-refractivity contribution in [3.05, 3.63) is 34.9 Å². The minimum absolute atomic E-state index is 0.322. The molecule has 2 aliphatic rings. The summed E-state index contributed by atoms with van der Waals surface area (Å²) >= 11 is 0. The molecule has 136 valence electrons.